The fourth-order valence-electron chi connectivity index (χ4n) is 2.91. The van der Waals surface area contributed by atoms with E-state index in [-0.39, 0.29) is 11.3 Å². The molecule has 1 saturated heterocycles. The Labute approximate surface area is 140 Å². The zero-order valence-corrected chi connectivity index (χ0v) is 14.9. The van der Waals surface area contributed by atoms with Crippen molar-refractivity contribution in [3.8, 4) is 0 Å². The van der Waals surface area contributed by atoms with Crippen LogP contribution in [0.3, 0.4) is 0 Å². The molecule has 1 aromatic rings. The molecular weight excluding hydrogens is 314 g/mol. The lowest BCUT2D eigenvalue weighted by Gasteiger charge is -2.42. The van der Waals surface area contributed by atoms with Crippen molar-refractivity contribution in [2.24, 2.45) is 11.3 Å². The third-order valence-corrected chi connectivity index (χ3v) is 5.34. The topological polar surface area (TPSA) is 82.5 Å². The van der Waals surface area contributed by atoms with E-state index in [0.29, 0.717) is 28.9 Å². The molecule has 2 N–H and O–H groups in total. The molecule has 0 aliphatic carbocycles. The largest absolute Gasteiger partial charge is 0.480 e. The highest BCUT2D eigenvalue weighted by Crippen LogP contribution is 2.36. The standard InChI is InChI=1S/C16H25N3O3S/c1-5-17-15-18-8-12(23-15)13(20)19-9-10(16(2,3)4)6-7-11(19)14(21)22/h8,10-11H,5-7,9H2,1-4H3,(H,17,18)(H,21,22). The number of thiazole rings is 1. The van der Waals surface area contributed by atoms with Gasteiger partial charge < -0.3 is 15.3 Å². The van der Waals surface area contributed by atoms with E-state index in [2.05, 4.69) is 31.1 Å². The van der Waals surface area contributed by atoms with Crippen LogP contribution in [0.25, 0.3) is 0 Å². The van der Waals surface area contributed by atoms with Gasteiger partial charge in [0.2, 0.25) is 0 Å². The summed E-state index contributed by atoms with van der Waals surface area (Å²) in [6, 6.07) is -0.745. The molecule has 23 heavy (non-hydrogen) atoms. The molecule has 0 aromatic carbocycles. The maximum absolute atomic E-state index is 12.8. The minimum Gasteiger partial charge on any atom is -0.480 e. The van der Waals surface area contributed by atoms with E-state index < -0.39 is 12.0 Å². The molecule has 0 saturated carbocycles. The van der Waals surface area contributed by atoms with E-state index in [4.69, 9.17) is 0 Å². The van der Waals surface area contributed by atoms with Crippen molar-refractivity contribution < 1.29 is 14.7 Å². The number of amides is 1. The molecule has 128 valence electrons. The van der Waals surface area contributed by atoms with E-state index in [9.17, 15) is 14.7 Å². The van der Waals surface area contributed by atoms with Crippen molar-refractivity contribution in [2.75, 3.05) is 18.4 Å². The Balaban J connectivity index is 2.22. The number of hydrogen-bond donors (Lipinski definition) is 2. The van der Waals surface area contributed by atoms with Crippen LogP contribution in [0.2, 0.25) is 0 Å². The van der Waals surface area contributed by atoms with Gasteiger partial charge in [0.15, 0.2) is 5.13 Å². The summed E-state index contributed by atoms with van der Waals surface area (Å²) >= 11 is 1.28. The first-order valence-electron chi connectivity index (χ1n) is 7.97. The van der Waals surface area contributed by atoms with Gasteiger partial charge >= 0.3 is 5.97 Å². The van der Waals surface area contributed by atoms with Gasteiger partial charge in [-0.3, -0.25) is 4.79 Å². The van der Waals surface area contributed by atoms with Crippen molar-refractivity contribution in [1.82, 2.24) is 9.88 Å². The second kappa shape index (κ2) is 6.86. The third kappa shape index (κ3) is 4.02. The molecule has 0 radical (unpaired) electrons. The quantitative estimate of drug-likeness (QED) is 0.881. The molecule has 2 heterocycles. The van der Waals surface area contributed by atoms with Crippen molar-refractivity contribution in [2.45, 2.75) is 46.6 Å². The SMILES string of the molecule is CCNc1ncc(C(=O)N2CC(C(C)(C)C)CCC2C(=O)O)s1. The van der Waals surface area contributed by atoms with Crippen LogP contribution in [0.15, 0.2) is 6.20 Å². The van der Waals surface area contributed by atoms with Gasteiger partial charge in [-0.25, -0.2) is 9.78 Å². The van der Waals surface area contributed by atoms with Crippen molar-refractivity contribution >= 4 is 28.3 Å². The molecule has 2 atom stereocenters. The van der Waals surface area contributed by atoms with Gasteiger partial charge in [-0.15, -0.1) is 0 Å². The summed E-state index contributed by atoms with van der Waals surface area (Å²) in [6.45, 7) is 9.58. The highest BCUT2D eigenvalue weighted by molar-refractivity contribution is 7.17. The van der Waals surface area contributed by atoms with Gasteiger partial charge in [-0.05, 0) is 31.1 Å². The van der Waals surface area contributed by atoms with E-state index in [0.717, 1.165) is 13.0 Å². The second-order valence-corrected chi connectivity index (χ2v) is 8.04. The van der Waals surface area contributed by atoms with Gasteiger partial charge in [-0.2, -0.15) is 0 Å². The number of rotatable bonds is 4. The predicted octanol–water partition coefficient (Wildman–Crippen LogP) is 2.93. The number of likely N-dealkylation sites (tertiary alicyclic amines) is 1. The fourth-order valence-corrected chi connectivity index (χ4v) is 3.75. The molecule has 1 aliphatic rings. The average Bonchev–Trinajstić information content (AvgIpc) is 2.94. The number of carbonyl (C=O) groups excluding carboxylic acids is 1. The van der Waals surface area contributed by atoms with E-state index in [1.54, 1.807) is 0 Å². The van der Waals surface area contributed by atoms with Gasteiger partial charge in [0.05, 0.1) is 6.20 Å². The summed E-state index contributed by atoms with van der Waals surface area (Å²) in [4.78, 5) is 30.5. The van der Waals surface area contributed by atoms with Gasteiger partial charge in [0.1, 0.15) is 10.9 Å². The first-order valence-corrected chi connectivity index (χ1v) is 8.79. The van der Waals surface area contributed by atoms with Crippen LogP contribution in [0.5, 0.6) is 0 Å². The Hall–Kier alpha value is -1.63. The van der Waals surface area contributed by atoms with E-state index in [1.807, 2.05) is 6.92 Å². The highest BCUT2D eigenvalue weighted by Gasteiger charge is 2.40. The summed E-state index contributed by atoms with van der Waals surface area (Å²) in [6.07, 6.45) is 2.86. The molecule has 1 aliphatic heterocycles. The van der Waals surface area contributed by atoms with Crippen LogP contribution in [-0.4, -0.2) is 46.0 Å². The number of hydrogen-bond acceptors (Lipinski definition) is 5. The van der Waals surface area contributed by atoms with Crippen molar-refractivity contribution in [3.05, 3.63) is 11.1 Å². The minimum absolute atomic E-state index is 0.0463. The van der Waals surface area contributed by atoms with E-state index in [1.165, 1.54) is 22.4 Å². The first-order chi connectivity index (χ1) is 10.7. The van der Waals surface area contributed by atoms with Gasteiger partial charge in [0.25, 0.3) is 5.91 Å². The number of aliphatic carboxylic acids is 1. The number of piperidine rings is 1. The summed E-state index contributed by atoms with van der Waals surface area (Å²) in [5.41, 5.74) is 0.0463. The van der Waals surface area contributed by atoms with E-state index >= 15 is 0 Å². The van der Waals surface area contributed by atoms with Crippen LogP contribution in [-0.2, 0) is 4.79 Å². The van der Waals surface area contributed by atoms with Crippen LogP contribution < -0.4 is 5.32 Å². The van der Waals surface area contributed by atoms with Crippen LogP contribution in [0.4, 0.5) is 5.13 Å². The third-order valence-electron chi connectivity index (χ3n) is 4.40. The first kappa shape index (κ1) is 17.7. The maximum Gasteiger partial charge on any atom is 0.326 e. The average molecular weight is 339 g/mol. The normalized spacial score (nSPS) is 22.0. The van der Waals surface area contributed by atoms with Gasteiger partial charge in [-0.1, -0.05) is 32.1 Å². The Morgan fingerprint density at radius 1 is 1.43 bits per heavy atom. The molecular formula is C16H25N3O3S. The molecule has 0 bridgehead atoms. The molecule has 6 nitrogen and oxygen atoms in total. The molecule has 1 fully saturated rings. The fraction of sp³-hybridized carbons (Fsp3) is 0.688. The number of anilines is 1. The van der Waals surface area contributed by atoms with Crippen molar-refractivity contribution in [1.29, 1.82) is 0 Å². The lowest BCUT2D eigenvalue weighted by molar-refractivity contribution is -0.144. The molecule has 2 unspecified atom stereocenters. The number of carboxylic acids is 1. The number of carboxylic acid groups (broad SMARTS) is 1. The molecule has 7 heteroatoms. The molecule has 1 aromatic heterocycles. The Morgan fingerprint density at radius 2 is 2.13 bits per heavy atom. The monoisotopic (exact) mass is 339 g/mol. The Kier molecular flexibility index (Phi) is 5.29. The number of nitrogens with one attached hydrogen (secondary N) is 1. The Morgan fingerprint density at radius 3 is 2.70 bits per heavy atom. The lowest BCUT2D eigenvalue weighted by atomic mass is 9.75. The van der Waals surface area contributed by atoms with Crippen molar-refractivity contribution in [3.63, 3.8) is 0 Å². The smallest absolute Gasteiger partial charge is 0.326 e. The number of aromatic nitrogens is 1. The molecule has 2 rings (SSSR count). The lowest BCUT2D eigenvalue weighted by Crippen LogP contribution is -2.52. The highest BCUT2D eigenvalue weighted by atomic mass is 32.1. The summed E-state index contributed by atoms with van der Waals surface area (Å²) in [7, 11) is 0. The summed E-state index contributed by atoms with van der Waals surface area (Å²) < 4.78 is 0. The second-order valence-electron chi connectivity index (χ2n) is 7.01. The number of carbonyl (C=O) groups is 2. The van der Waals surface area contributed by atoms with Crippen LogP contribution >= 0.6 is 11.3 Å². The predicted molar refractivity (Wildman–Crippen MR) is 90.9 cm³/mol. The summed E-state index contributed by atoms with van der Waals surface area (Å²) in [5.74, 6) is -0.863. The zero-order valence-electron chi connectivity index (χ0n) is 14.1. The zero-order chi connectivity index (χ0) is 17.2. The maximum atomic E-state index is 12.8. The Bertz CT molecular complexity index is 579. The van der Waals surface area contributed by atoms with Crippen LogP contribution in [0.1, 0.15) is 50.2 Å². The molecule has 0 spiro atoms. The molecule has 1 amide bonds. The summed E-state index contributed by atoms with van der Waals surface area (Å²) in [5, 5.41) is 13.2. The number of nitrogens with zero attached hydrogens (tertiary/aromatic N) is 2. The minimum atomic E-state index is -0.929. The van der Waals surface area contributed by atoms with Crippen LogP contribution in [0, 0.1) is 11.3 Å². The van der Waals surface area contributed by atoms with Gasteiger partial charge in [0, 0.05) is 13.1 Å².